The Morgan fingerprint density at radius 2 is 1.68 bits per heavy atom. The Morgan fingerprint density at radius 1 is 1.13 bits per heavy atom. The highest BCUT2D eigenvalue weighted by Crippen LogP contribution is 2.18. The molecule has 0 fully saturated rings. The van der Waals surface area contributed by atoms with Crippen LogP contribution in [0.4, 0.5) is 24.5 Å². The number of nitrogens with two attached hydrogens (primary N) is 2. The van der Waals surface area contributed by atoms with Gasteiger partial charge >= 0.3 is 6.18 Å². The highest BCUT2D eigenvalue weighted by Gasteiger charge is 2.27. The molecule has 1 rings (SSSR count). The molecule has 0 bridgehead atoms. The van der Waals surface area contributed by atoms with E-state index in [2.05, 4.69) is 27.3 Å². The lowest BCUT2D eigenvalue weighted by atomic mass is 10.0. The number of primary amides is 2. The normalized spacial score (nSPS) is 13.8. The van der Waals surface area contributed by atoms with Gasteiger partial charge in [0.2, 0.25) is 17.8 Å². The molecule has 0 aliphatic carbocycles. The van der Waals surface area contributed by atoms with E-state index in [0.717, 1.165) is 0 Å². The second kappa shape index (κ2) is 11.0. The molecule has 1 atom stereocenters. The Kier molecular flexibility index (Phi) is 9.03. The van der Waals surface area contributed by atoms with Crippen LogP contribution in [0.1, 0.15) is 20.8 Å². The largest absolute Gasteiger partial charge is 0.405 e. The topological polar surface area (TPSA) is 147 Å². The molecule has 9 nitrogen and oxygen atoms in total. The number of carbonyl (C=O) groups is 2. The summed E-state index contributed by atoms with van der Waals surface area (Å²) in [7, 11) is 0. The maximum absolute atomic E-state index is 12.5. The third-order valence-corrected chi connectivity index (χ3v) is 3.98. The van der Waals surface area contributed by atoms with E-state index < -0.39 is 30.6 Å². The van der Waals surface area contributed by atoms with Crippen LogP contribution in [-0.4, -0.2) is 43.3 Å². The molecule has 0 unspecified atom stereocenters. The number of rotatable bonds is 9. The van der Waals surface area contributed by atoms with Gasteiger partial charge in [-0.3, -0.25) is 9.59 Å². The zero-order valence-electron chi connectivity index (χ0n) is 17.4. The summed E-state index contributed by atoms with van der Waals surface area (Å²) in [6.45, 7) is 6.84. The second-order valence-electron chi connectivity index (χ2n) is 6.87. The lowest BCUT2D eigenvalue weighted by Gasteiger charge is -2.20. The van der Waals surface area contributed by atoms with E-state index in [0.29, 0.717) is 11.4 Å². The molecule has 0 spiro atoms. The molecule has 0 radical (unpaired) electrons. The monoisotopic (exact) mass is 441 g/mol. The molecule has 12 heteroatoms. The molecular weight excluding hydrogens is 415 g/mol. The fourth-order valence-corrected chi connectivity index (χ4v) is 2.29. The Hall–Kier alpha value is -3.57. The van der Waals surface area contributed by atoms with Crippen molar-refractivity contribution in [1.29, 1.82) is 0 Å². The van der Waals surface area contributed by atoms with Gasteiger partial charge in [0, 0.05) is 11.4 Å². The van der Waals surface area contributed by atoms with Crippen LogP contribution >= 0.6 is 0 Å². The van der Waals surface area contributed by atoms with Crippen molar-refractivity contribution in [3.63, 3.8) is 0 Å². The van der Waals surface area contributed by atoms with Crippen molar-refractivity contribution < 1.29 is 22.8 Å². The van der Waals surface area contributed by atoms with E-state index in [9.17, 15) is 22.8 Å². The second-order valence-corrected chi connectivity index (χ2v) is 6.87. The van der Waals surface area contributed by atoms with Gasteiger partial charge in [0.05, 0.1) is 5.57 Å². The molecule has 0 saturated heterocycles. The third-order valence-electron chi connectivity index (χ3n) is 3.98. The smallest absolute Gasteiger partial charge is 0.373 e. The van der Waals surface area contributed by atoms with E-state index in [1.54, 1.807) is 24.3 Å². The molecule has 170 valence electrons. The van der Waals surface area contributed by atoms with Crippen LogP contribution in [0, 0.1) is 5.92 Å². The van der Waals surface area contributed by atoms with Crippen LogP contribution in [-0.2, 0) is 9.59 Å². The van der Waals surface area contributed by atoms with Crippen molar-refractivity contribution in [2.45, 2.75) is 33.0 Å². The summed E-state index contributed by atoms with van der Waals surface area (Å²) in [6, 6.07) is 6.00. The number of amides is 2. The summed E-state index contributed by atoms with van der Waals surface area (Å²) < 4.78 is 37.6. The first-order chi connectivity index (χ1) is 14.3. The molecule has 0 saturated carbocycles. The van der Waals surface area contributed by atoms with Gasteiger partial charge in [0.15, 0.2) is 0 Å². The van der Waals surface area contributed by atoms with Gasteiger partial charge in [-0.05, 0) is 43.8 Å². The minimum absolute atomic E-state index is 0.0260. The maximum atomic E-state index is 12.5. The lowest BCUT2D eigenvalue weighted by Crippen LogP contribution is -2.39. The number of anilines is 2. The fraction of sp³-hybridized carbons (Fsp3) is 0.368. The Bertz CT molecular complexity index is 862. The maximum Gasteiger partial charge on any atom is 0.405 e. The zero-order chi connectivity index (χ0) is 23.8. The van der Waals surface area contributed by atoms with E-state index >= 15 is 0 Å². The molecule has 31 heavy (non-hydrogen) atoms. The molecule has 0 aromatic heterocycles. The molecule has 0 aliphatic heterocycles. The summed E-state index contributed by atoms with van der Waals surface area (Å²) in [4.78, 5) is 30.4. The minimum Gasteiger partial charge on any atom is -0.373 e. The van der Waals surface area contributed by atoms with Crippen molar-refractivity contribution in [3.05, 3.63) is 35.7 Å². The number of halogens is 3. The van der Waals surface area contributed by atoms with Crippen molar-refractivity contribution in [1.82, 2.24) is 5.32 Å². The highest BCUT2D eigenvalue weighted by molar-refractivity contribution is 5.98. The van der Waals surface area contributed by atoms with E-state index in [4.69, 9.17) is 11.5 Å². The number of hydrogen-bond donors (Lipinski definition) is 5. The van der Waals surface area contributed by atoms with Crippen LogP contribution in [0.5, 0.6) is 0 Å². The molecule has 0 heterocycles. The number of benzene rings is 1. The standard InChI is InChI=1S/C19H26F3N7O2/c1-10(2)14(16(24)31)27-12-5-7-13(8-6-12)28-18(25-4)29-17(11(3)15(23)30)26-9-19(20,21)22/h5-8,10,14,26-27H,4,9H2,1-3H3,(H2,23,30)(H2,24,31)(H,28,29)/b17-11+/t14-/m0/s1. The Labute approximate surface area is 177 Å². The van der Waals surface area contributed by atoms with Gasteiger partial charge in [-0.25, -0.2) is 4.99 Å². The Balaban J connectivity index is 3.05. The fourth-order valence-electron chi connectivity index (χ4n) is 2.29. The molecule has 1 aromatic carbocycles. The van der Waals surface area contributed by atoms with Gasteiger partial charge < -0.3 is 27.4 Å². The van der Waals surface area contributed by atoms with Gasteiger partial charge in [0.1, 0.15) is 18.4 Å². The van der Waals surface area contributed by atoms with Gasteiger partial charge in [-0.15, -0.1) is 0 Å². The van der Waals surface area contributed by atoms with E-state index in [1.165, 1.54) is 6.92 Å². The zero-order valence-corrected chi connectivity index (χ0v) is 17.4. The number of alkyl halides is 3. The lowest BCUT2D eigenvalue weighted by molar-refractivity contribution is -0.124. The quantitative estimate of drug-likeness (QED) is 0.226. The van der Waals surface area contributed by atoms with Crippen LogP contribution in [0.25, 0.3) is 0 Å². The summed E-state index contributed by atoms with van der Waals surface area (Å²) >= 11 is 0. The SMILES string of the molecule is C=NC(=N/C(NCC(F)(F)F)=C(\C)C(N)=O)Nc1ccc(N[C@H](C(N)=O)C(C)C)cc1. The molecule has 7 N–H and O–H groups in total. The first-order valence-electron chi connectivity index (χ1n) is 9.13. The van der Waals surface area contributed by atoms with Crippen LogP contribution in [0.2, 0.25) is 0 Å². The van der Waals surface area contributed by atoms with Crippen molar-refractivity contribution >= 4 is 35.9 Å². The van der Waals surface area contributed by atoms with Gasteiger partial charge in [0.25, 0.3) is 0 Å². The predicted molar refractivity (Wildman–Crippen MR) is 114 cm³/mol. The molecule has 1 aromatic rings. The van der Waals surface area contributed by atoms with Gasteiger partial charge in [-0.2, -0.15) is 18.2 Å². The number of hydrogen-bond acceptors (Lipinski definition) is 5. The van der Waals surface area contributed by atoms with Crippen LogP contribution in [0.15, 0.2) is 45.6 Å². The third kappa shape index (κ3) is 8.76. The summed E-state index contributed by atoms with van der Waals surface area (Å²) in [5.74, 6) is -2.01. The summed E-state index contributed by atoms with van der Waals surface area (Å²) in [6.07, 6.45) is -4.53. The van der Waals surface area contributed by atoms with Crippen molar-refractivity contribution in [2.24, 2.45) is 27.4 Å². The van der Waals surface area contributed by atoms with Crippen LogP contribution in [0.3, 0.4) is 0 Å². The minimum atomic E-state index is -4.53. The van der Waals surface area contributed by atoms with E-state index in [1.807, 2.05) is 19.2 Å². The van der Waals surface area contributed by atoms with Gasteiger partial charge in [-0.1, -0.05) is 13.8 Å². The number of carbonyl (C=O) groups excluding carboxylic acids is 2. The Morgan fingerprint density at radius 3 is 2.10 bits per heavy atom. The van der Waals surface area contributed by atoms with E-state index in [-0.39, 0.29) is 23.3 Å². The predicted octanol–water partition coefficient (Wildman–Crippen LogP) is 1.95. The first-order valence-corrected chi connectivity index (χ1v) is 9.13. The average Bonchev–Trinajstić information content (AvgIpc) is 2.67. The van der Waals surface area contributed by atoms with Crippen LogP contribution < -0.4 is 27.4 Å². The highest BCUT2D eigenvalue weighted by atomic mass is 19.4. The first kappa shape index (κ1) is 25.5. The van der Waals surface area contributed by atoms with Crippen molar-refractivity contribution in [2.75, 3.05) is 17.2 Å². The summed E-state index contributed by atoms with van der Waals surface area (Å²) in [5.41, 5.74) is 11.4. The number of aliphatic imine (C=N–C) groups is 2. The molecule has 2 amide bonds. The number of guanidine groups is 1. The average molecular weight is 441 g/mol. The summed E-state index contributed by atoms with van der Waals surface area (Å²) in [5, 5.41) is 7.82. The number of nitrogens with zero attached hydrogens (tertiary/aromatic N) is 2. The molecule has 0 aliphatic rings. The van der Waals surface area contributed by atoms with Crippen molar-refractivity contribution in [3.8, 4) is 0 Å². The molecular formula is C19H26F3N7O2. The number of nitrogens with one attached hydrogen (secondary N) is 3.